The van der Waals surface area contributed by atoms with E-state index < -0.39 is 11.9 Å². The first-order valence-electron chi connectivity index (χ1n) is 4.24. The number of halogens is 2. The number of nitrogens with two attached hydrogens (primary N) is 2. The maximum absolute atomic E-state index is 10.7. The van der Waals surface area contributed by atoms with Gasteiger partial charge in [0.1, 0.15) is 6.04 Å². The minimum Gasteiger partial charge on any atom is -0.383 e. The van der Waals surface area contributed by atoms with Gasteiger partial charge in [-0.25, -0.2) is 0 Å². The second-order valence-corrected chi connectivity index (χ2v) is 4.28. The zero-order valence-corrected chi connectivity index (χ0v) is 10.2. The SMILES string of the molecule is NC(=O)C(N)CNc1ccc(Cl)c(Br)c1. The van der Waals surface area contributed by atoms with Gasteiger partial charge in [-0.3, -0.25) is 4.79 Å². The van der Waals surface area contributed by atoms with Crippen LogP contribution in [0.4, 0.5) is 5.69 Å². The molecule has 15 heavy (non-hydrogen) atoms. The standard InChI is InChI=1S/C9H11BrClN3O/c10-6-3-5(1-2-7(6)11)14-4-8(12)9(13)15/h1-3,8,14H,4,12H2,(H2,13,15). The topological polar surface area (TPSA) is 81.1 Å². The van der Waals surface area contributed by atoms with Crippen molar-refractivity contribution in [3.05, 3.63) is 27.7 Å². The molecule has 0 aliphatic heterocycles. The van der Waals surface area contributed by atoms with E-state index >= 15 is 0 Å². The quantitative estimate of drug-likeness (QED) is 0.783. The fraction of sp³-hybridized carbons (Fsp3) is 0.222. The predicted octanol–water partition coefficient (Wildman–Crippen LogP) is 1.33. The number of primary amides is 1. The Morgan fingerprint density at radius 3 is 2.80 bits per heavy atom. The molecule has 0 aliphatic rings. The van der Waals surface area contributed by atoms with Crippen LogP contribution < -0.4 is 16.8 Å². The third-order valence-corrected chi connectivity index (χ3v) is 3.03. The summed E-state index contributed by atoms with van der Waals surface area (Å²) < 4.78 is 0.779. The molecule has 0 saturated heterocycles. The minimum atomic E-state index is -0.695. The molecule has 1 amide bonds. The van der Waals surface area contributed by atoms with Crippen LogP contribution in [0.15, 0.2) is 22.7 Å². The average Bonchev–Trinajstić information content (AvgIpc) is 2.19. The van der Waals surface area contributed by atoms with Crippen molar-refractivity contribution in [2.45, 2.75) is 6.04 Å². The summed E-state index contributed by atoms with van der Waals surface area (Å²) in [7, 11) is 0. The molecule has 0 spiro atoms. The molecule has 5 N–H and O–H groups in total. The number of hydrogen-bond donors (Lipinski definition) is 3. The maximum Gasteiger partial charge on any atom is 0.236 e. The normalized spacial score (nSPS) is 12.2. The molecular weight excluding hydrogens is 281 g/mol. The fourth-order valence-electron chi connectivity index (χ4n) is 0.934. The van der Waals surface area contributed by atoms with Gasteiger partial charge in [-0.05, 0) is 34.1 Å². The van der Waals surface area contributed by atoms with Crippen molar-refractivity contribution < 1.29 is 4.79 Å². The van der Waals surface area contributed by atoms with Crippen molar-refractivity contribution in [3.8, 4) is 0 Å². The molecule has 4 nitrogen and oxygen atoms in total. The van der Waals surface area contributed by atoms with E-state index in [1.807, 2.05) is 0 Å². The maximum atomic E-state index is 10.7. The Bertz CT molecular complexity index is 372. The van der Waals surface area contributed by atoms with Crippen LogP contribution in [0.3, 0.4) is 0 Å². The van der Waals surface area contributed by atoms with E-state index in [1.54, 1.807) is 18.2 Å². The summed E-state index contributed by atoms with van der Waals surface area (Å²) in [5, 5.41) is 3.60. The first-order valence-corrected chi connectivity index (χ1v) is 5.41. The van der Waals surface area contributed by atoms with E-state index in [2.05, 4.69) is 21.2 Å². The van der Waals surface area contributed by atoms with Crippen LogP contribution >= 0.6 is 27.5 Å². The van der Waals surface area contributed by atoms with Crippen LogP contribution in [0.25, 0.3) is 0 Å². The zero-order valence-electron chi connectivity index (χ0n) is 7.84. The van der Waals surface area contributed by atoms with Gasteiger partial charge in [0.15, 0.2) is 0 Å². The number of benzene rings is 1. The molecule has 0 aliphatic carbocycles. The molecule has 0 saturated carbocycles. The van der Waals surface area contributed by atoms with Gasteiger partial charge in [0.05, 0.1) is 5.02 Å². The van der Waals surface area contributed by atoms with Gasteiger partial charge < -0.3 is 16.8 Å². The van der Waals surface area contributed by atoms with E-state index in [0.717, 1.165) is 10.2 Å². The molecule has 0 heterocycles. The lowest BCUT2D eigenvalue weighted by atomic mass is 10.2. The van der Waals surface area contributed by atoms with Gasteiger partial charge in [-0.1, -0.05) is 11.6 Å². The van der Waals surface area contributed by atoms with E-state index in [4.69, 9.17) is 23.1 Å². The number of amides is 1. The first kappa shape index (κ1) is 12.3. The van der Waals surface area contributed by atoms with Gasteiger partial charge in [0, 0.05) is 16.7 Å². The van der Waals surface area contributed by atoms with E-state index in [0.29, 0.717) is 11.6 Å². The third-order valence-electron chi connectivity index (χ3n) is 1.81. The van der Waals surface area contributed by atoms with Gasteiger partial charge in [-0.2, -0.15) is 0 Å². The second-order valence-electron chi connectivity index (χ2n) is 3.02. The number of carbonyl (C=O) groups is 1. The summed E-state index contributed by atoms with van der Waals surface area (Å²) >= 11 is 9.11. The Morgan fingerprint density at radius 1 is 1.60 bits per heavy atom. The number of nitrogens with one attached hydrogen (secondary N) is 1. The summed E-state index contributed by atoms with van der Waals surface area (Å²) in [6.07, 6.45) is 0. The van der Waals surface area contributed by atoms with E-state index in [9.17, 15) is 4.79 Å². The second kappa shape index (κ2) is 5.34. The Kier molecular flexibility index (Phi) is 4.38. The minimum absolute atomic E-state index is 0.295. The molecule has 1 aromatic rings. The molecule has 0 bridgehead atoms. The molecule has 1 unspecified atom stereocenters. The highest BCUT2D eigenvalue weighted by Crippen LogP contribution is 2.25. The van der Waals surface area contributed by atoms with Crippen molar-refractivity contribution in [3.63, 3.8) is 0 Å². The van der Waals surface area contributed by atoms with Crippen LogP contribution in [0.5, 0.6) is 0 Å². The zero-order chi connectivity index (χ0) is 11.4. The van der Waals surface area contributed by atoms with Crippen LogP contribution in [0.1, 0.15) is 0 Å². The molecular formula is C9H11BrClN3O. The average molecular weight is 293 g/mol. The van der Waals surface area contributed by atoms with Gasteiger partial charge in [-0.15, -0.1) is 0 Å². The van der Waals surface area contributed by atoms with Crippen LogP contribution in [-0.4, -0.2) is 18.5 Å². The summed E-state index contributed by atoms with van der Waals surface area (Å²) in [5.41, 5.74) is 11.3. The highest BCUT2D eigenvalue weighted by molar-refractivity contribution is 9.10. The summed E-state index contributed by atoms with van der Waals surface area (Å²) in [4.78, 5) is 10.7. The molecule has 6 heteroatoms. The van der Waals surface area contributed by atoms with Crippen LogP contribution in [-0.2, 0) is 4.79 Å². The molecule has 0 fully saturated rings. The number of hydrogen-bond acceptors (Lipinski definition) is 3. The lowest BCUT2D eigenvalue weighted by molar-refractivity contribution is -0.118. The van der Waals surface area contributed by atoms with Gasteiger partial charge >= 0.3 is 0 Å². The Morgan fingerprint density at radius 2 is 2.27 bits per heavy atom. The molecule has 0 aromatic heterocycles. The molecule has 82 valence electrons. The number of carbonyl (C=O) groups excluding carboxylic acids is 1. The first-order chi connectivity index (χ1) is 7.00. The fourth-order valence-corrected chi connectivity index (χ4v) is 1.43. The lowest BCUT2D eigenvalue weighted by Crippen LogP contribution is -2.41. The third kappa shape index (κ3) is 3.70. The highest BCUT2D eigenvalue weighted by Gasteiger charge is 2.08. The molecule has 0 radical (unpaired) electrons. The highest BCUT2D eigenvalue weighted by atomic mass is 79.9. The largest absolute Gasteiger partial charge is 0.383 e. The molecule has 1 rings (SSSR count). The summed E-state index contributed by atoms with van der Waals surface area (Å²) in [6, 6.07) is 4.64. The van der Waals surface area contributed by atoms with Crippen molar-refractivity contribution in [2.24, 2.45) is 11.5 Å². The van der Waals surface area contributed by atoms with Crippen molar-refractivity contribution in [1.29, 1.82) is 0 Å². The Labute approximate surface area is 101 Å². The van der Waals surface area contributed by atoms with Gasteiger partial charge in [0.25, 0.3) is 0 Å². The lowest BCUT2D eigenvalue weighted by Gasteiger charge is -2.10. The van der Waals surface area contributed by atoms with E-state index in [-0.39, 0.29) is 0 Å². The van der Waals surface area contributed by atoms with Crippen molar-refractivity contribution in [2.75, 3.05) is 11.9 Å². The van der Waals surface area contributed by atoms with Crippen molar-refractivity contribution in [1.82, 2.24) is 0 Å². The Hall–Kier alpha value is -0.780. The van der Waals surface area contributed by atoms with Crippen LogP contribution in [0, 0.1) is 0 Å². The predicted molar refractivity (Wildman–Crippen MR) is 64.8 cm³/mol. The molecule has 1 aromatic carbocycles. The van der Waals surface area contributed by atoms with E-state index in [1.165, 1.54) is 0 Å². The van der Waals surface area contributed by atoms with Crippen molar-refractivity contribution >= 4 is 39.1 Å². The number of rotatable bonds is 4. The number of anilines is 1. The smallest absolute Gasteiger partial charge is 0.236 e. The molecule has 1 atom stereocenters. The summed E-state index contributed by atoms with van der Waals surface area (Å²) in [5.74, 6) is -0.532. The monoisotopic (exact) mass is 291 g/mol. The van der Waals surface area contributed by atoms with Gasteiger partial charge in [0.2, 0.25) is 5.91 Å². The summed E-state index contributed by atoms with van der Waals surface area (Å²) in [6.45, 7) is 0.295. The Balaban J connectivity index is 2.58. The van der Waals surface area contributed by atoms with Crippen LogP contribution in [0.2, 0.25) is 5.02 Å².